The van der Waals surface area contributed by atoms with Crippen molar-refractivity contribution in [3.05, 3.63) is 41.7 Å². The number of carbonyl (C=O) groups is 4. The number of hydrogen-bond donors (Lipinski definition) is 0. The summed E-state index contributed by atoms with van der Waals surface area (Å²) >= 11 is 0. The van der Waals surface area contributed by atoms with Crippen molar-refractivity contribution in [2.45, 2.75) is 116 Å². The number of hydrogen-bond acceptors (Lipinski definition) is 13. The molecule has 0 saturated carbocycles. The molecule has 1 aromatic carbocycles. The Labute approximate surface area is 270 Å². The number of para-hydroxylation sites is 1. The van der Waals surface area contributed by atoms with E-state index in [1.807, 2.05) is 18.2 Å². The number of methoxy groups -OCH3 is 1. The number of esters is 4. The summed E-state index contributed by atoms with van der Waals surface area (Å²) in [7, 11) is -0.659. The van der Waals surface area contributed by atoms with E-state index in [1.165, 1.54) is 21.0 Å². The van der Waals surface area contributed by atoms with Crippen molar-refractivity contribution < 1.29 is 61.5 Å². The Balaban J connectivity index is 2.01. The summed E-state index contributed by atoms with van der Waals surface area (Å²) in [5, 5.41) is -0.0413. The summed E-state index contributed by atoms with van der Waals surface area (Å²) in [6.45, 7) is 15.1. The van der Waals surface area contributed by atoms with Crippen molar-refractivity contribution >= 4 is 32.2 Å². The van der Waals surface area contributed by atoms with Crippen LogP contribution in [-0.2, 0) is 56.8 Å². The van der Waals surface area contributed by atoms with Gasteiger partial charge in [-0.1, -0.05) is 39.0 Å². The van der Waals surface area contributed by atoms with Crippen molar-refractivity contribution in [1.29, 1.82) is 0 Å². The van der Waals surface area contributed by atoms with Gasteiger partial charge in [0.15, 0.2) is 18.5 Å². The van der Waals surface area contributed by atoms with Crippen LogP contribution in [0.2, 0.25) is 18.1 Å². The number of ether oxygens (including phenoxy) is 8. The van der Waals surface area contributed by atoms with E-state index in [4.69, 9.17) is 42.3 Å². The molecule has 1 saturated heterocycles. The molecule has 1 aromatic rings. The van der Waals surface area contributed by atoms with E-state index in [1.54, 1.807) is 12.1 Å². The average molecular weight is 667 g/mol. The molecule has 0 aromatic heterocycles. The lowest BCUT2D eigenvalue weighted by Crippen LogP contribution is -2.63. The van der Waals surface area contributed by atoms with Crippen LogP contribution in [0.5, 0.6) is 5.75 Å². The second kappa shape index (κ2) is 15.4. The van der Waals surface area contributed by atoms with Gasteiger partial charge in [-0.05, 0) is 24.2 Å². The summed E-state index contributed by atoms with van der Waals surface area (Å²) in [6, 6.07) is 7.05. The van der Waals surface area contributed by atoms with Crippen LogP contribution in [0.4, 0.5) is 0 Å². The second-order valence-corrected chi connectivity index (χ2v) is 17.4. The first kappa shape index (κ1) is 37.0. The van der Waals surface area contributed by atoms with Crippen LogP contribution < -0.4 is 4.74 Å². The molecule has 3 rings (SSSR count). The molecule has 0 N–H and O–H groups in total. The van der Waals surface area contributed by atoms with Crippen molar-refractivity contribution in [1.82, 2.24) is 0 Å². The normalized spacial score (nSPS) is 26.7. The summed E-state index contributed by atoms with van der Waals surface area (Å²) < 4.78 is 52.6. The predicted molar refractivity (Wildman–Crippen MR) is 165 cm³/mol. The molecule has 0 radical (unpaired) electrons. The Morgan fingerprint density at radius 3 is 2.00 bits per heavy atom. The molecule has 0 spiro atoms. The maximum Gasteiger partial charge on any atom is 0.303 e. The van der Waals surface area contributed by atoms with Gasteiger partial charge in [0.1, 0.15) is 18.5 Å². The van der Waals surface area contributed by atoms with E-state index >= 15 is 0 Å². The zero-order valence-corrected chi connectivity index (χ0v) is 29.1. The summed E-state index contributed by atoms with van der Waals surface area (Å²) in [5.74, 6) is -1.79. The van der Waals surface area contributed by atoms with E-state index in [0.29, 0.717) is 17.7 Å². The van der Waals surface area contributed by atoms with Gasteiger partial charge in [-0.2, -0.15) is 0 Å². The first-order chi connectivity index (χ1) is 21.4. The van der Waals surface area contributed by atoms with Crippen LogP contribution in [0, 0.1) is 0 Å². The predicted octanol–water partition coefficient (Wildman–Crippen LogP) is 4.49. The van der Waals surface area contributed by atoms with Crippen LogP contribution in [0.25, 0.3) is 0 Å². The fourth-order valence-corrected chi connectivity index (χ4v) is 5.89. The molecular weight excluding hydrogens is 620 g/mol. The topological polar surface area (TPSA) is 151 Å². The fraction of sp³-hybridized carbons (Fsp3) is 0.625. The molecule has 13 nitrogen and oxygen atoms in total. The molecule has 0 aliphatic carbocycles. The van der Waals surface area contributed by atoms with Crippen molar-refractivity contribution in [3.63, 3.8) is 0 Å². The standard InChI is InChI=1S/C32H46O13Si/c1-18(33)38-17-26-28(39-19(2)34)29(40-20(3)35)30(41-21(4)36)31(44-26)43-24-14-12-11-13-23(24)25-15-22(16-27(37-8)42-25)45-46(9,10)32(5,6)7/h11-14,16,25-31H,15,17H2,1-10H3/t25-,26+,27+,28+,29-,30+,31+/m0/s1. The maximum atomic E-state index is 12.3. The molecule has 2 aliphatic heterocycles. The minimum absolute atomic E-state index is 0.0413. The zero-order chi connectivity index (χ0) is 34.4. The van der Waals surface area contributed by atoms with Gasteiger partial charge in [0, 0.05) is 52.9 Å². The van der Waals surface area contributed by atoms with Crippen molar-refractivity contribution in [2.75, 3.05) is 13.7 Å². The third-order valence-electron chi connectivity index (χ3n) is 7.89. The van der Waals surface area contributed by atoms with E-state index in [9.17, 15) is 19.2 Å². The monoisotopic (exact) mass is 666 g/mol. The molecule has 7 atom stereocenters. The number of carbonyl (C=O) groups excluding carboxylic acids is 4. The molecule has 0 unspecified atom stereocenters. The van der Waals surface area contributed by atoms with Gasteiger partial charge in [-0.25, -0.2) is 0 Å². The smallest absolute Gasteiger partial charge is 0.303 e. The molecule has 0 amide bonds. The van der Waals surface area contributed by atoms with Crippen LogP contribution >= 0.6 is 0 Å². The Hall–Kier alpha value is -3.46. The van der Waals surface area contributed by atoms with Crippen LogP contribution in [0.3, 0.4) is 0 Å². The molecule has 256 valence electrons. The van der Waals surface area contributed by atoms with Crippen molar-refractivity contribution in [3.8, 4) is 5.75 Å². The van der Waals surface area contributed by atoms with Gasteiger partial charge < -0.3 is 42.3 Å². The highest BCUT2D eigenvalue weighted by Gasteiger charge is 2.53. The third kappa shape index (κ3) is 9.77. The zero-order valence-electron chi connectivity index (χ0n) is 28.1. The Bertz CT molecular complexity index is 1290. The minimum atomic E-state index is -2.19. The van der Waals surface area contributed by atoms with Crippen LogP contribution in [0.1, 0.15) is 66.6 Å². The summed E-state index contributed by atoms with van der Waals surface area (Å²) in [4.78, 5) is 48.2. The highest BCUT2D eigenvalue weighted by molar-refractivity contribution is 6.74. The van der Waals surface area contributed by atoms with Crippen LogP contribution in [-0.4, -0.2) is 82.9 Å². The number of rotatable bonds is 11. The van der Waals surface area contributed by atoms with Gasteiger partial charge in [-0.15, -0.1) is 0 Å². The Morgan fingerprint density at radius 2 is 1.43 bits per heavy atom. The van der Waals surface area contributed by atoms with E-state index < -0.39 is 75.3 Å². The van der Waals surface area contributed by atoms with Crippen molar-refractivity contribution in [2.24, 2.45) is 0 Å². The fourth-order valence-electron chi connectivity index (χ4n) is 4.78. The molecule has 1 fully saturated rings. The summed E-state index contributed by atoms with van der Waals surface area (Å²) in [6.07, 6.45) is -5.68. The first-order valence-electron chi connectivity index (χ1n) is 15.1. The SMILES string of the molecule is CO[C@H]1C=C(O[Si](C)(C)C(C)(C)C)C[C@@H](c2ccccc2O[C@@H]2O[C@H](COC(C)=O)[C@@H](OC(C)=O)[C@H](OC(C)=O)[C@H]2OC(C)=O)O1. The quantitative estimate of drug-likeness (QED) is 0.186. The minimum Gasteiger partial charge on any atom is -0.546 e. The van der Waals surface area contributed by atoms with Crippen LogP contribution in [0.15, 0.2) is 36.1 Å². The first-order valence-corrected chi connectivity index (χ1v) is 18.0. The van der Waals surface area contributed by atoms with Gasteiger partial charge in [0.2, 0.25) is 20.7 Å². The summed E-state index contributed by atoms with van der Waals surface area (Å²) in [5.41, 5.74) is 0.613. The molecule has 0 bridgehead atoms. The molecule has 2 aliphatic rings. The molecule has 14 heteroatoms. The molecule has 2 heterocycles. The lowest BCUT2D eigenvalue weighted by atomic mass is 9.97. The third-order valence-corrected chi connectivity index (χ3v) is 12.3. The molecular formula is C32H46O13Si. The lowest BCUT2D eigenvalue weighted by Gasteiger charge is -2.44. The Morgan fingerprint density at radius 1 is 0.848 bits per heavy atom. The Kier molecular flexibility index (Phi) is 12.4. The van der Waals surface area contributed by atoms with E-state index in [0.717, 1.165) is 19.6 Å². The lowest BCUT2D eigenvalue weighted by molar-refractivity contribution is -0.288. The number of benzene rings is 1. The largest absolute Gasteiger partial charge is 0.546 e. The maximum absolute atomic E-state index is 12.3. The van der Waals surface area contributed by atoms with Gasteiger partial charge in [-0.3, -0.25) is 19.2 Å². The van der Waals surface area contributed by atoms with E-state index in [-0.39, 0.29) is 11.6 Å². The highest BCUT2D eigenvalue weighted by atomic mass is 28.4. The molecule has 46 heavy (non-hydrogen) atoms. The average Bonchev–Trinajstić information content (AvgIpc) is 2.93. The van der Waals surface area contributed by atoms with Gasteiger partial charge in [0.05, 0.1) is 11.9 Å². The second-order valence-electron chi connectivity index (χ2n) is 12.7. The van der Waals surface area contributed by atoms with Gasteiger partial charge >= 0.3 is 23.9 Å². The van der Waals surface area contributed by atoms with E-state index in [2.05, 4.69) is 33.9 Å². The highest BCUT2D eigenvalue weighted by Crippen LogP contribution is 2.43. The van der Waals surface area contributed by atoms with Gasteiger partial charge in [0.25, 0.3) is 0 Å².